The van der Waals surface area contributed by atoms with Crippen molar-refractivity contribution in [3.05, 3.63) is 47.0 Å². The molecule has 0 fully saturated rings. The number of methoxy groups -OCH3 is 2. The number of carbonyl (C=O) groups excluding carboxylic acids is 1. The normalized spacial score (nSPS) is 18.3. The molecule has 0 amide bonds. The van der Waals surface area contributed by atoms with E-state index in [1.807, 2.05) is 6.07 Å². The standard InChI is InChI=1S/C19H26O3/c1-21-12-6-10-16-17(11-7-13-22-2)19(20)14-18(16)15-8-4-3-5-9-15/h3-5,8-9,18H,6-7,10-14H2,1-2H3/t18-/m0/s1. The molecule has 0 radical (unpaired) electrons. The molecule has 0 aromatic heterocycles. The van der Waals surface area contributed by atoms with Gasteiger partial charge in [-0.3, -0.25) is 4.79 Å². The van der Waals surface area contributed by atoms with Crippen LogP contribution in [0.15, 0.2) is 41.5 Å². The molecule has 2 rings (SSSR count). The maximum absolute atomic E-state index is 12.5. The molecular formula is C19H26O3. The molecule has 1 aliphatic rings. The topological polar surface area (TPSA) is 35.5 Å². The second kappa shape index (κ2) is 8.86. The summed E-state index contributed by atoms with van der Waals surface area (Å²) < 4.78 is 10.3. The molecular weight excluding hydrogens is 276 g/mol. The predicted octanol–water partition coefficient (Wildman–Crippen LogP) is 3.89. The quantitative estimate of drug-likeness (QED) is 0.649. The van der Waals surface area contributed by atoms with Crippen LogP contribution in [0.5, 0.6) is 0 Å². The molecule has 0 aliphatic heterocycles. The van der Waals surface area contributed by atoms with Gasteiger partial charge in [-0.15, -0.1) is 0 Å². The van der Waals surface area contributed by atoms with E-state index in [4.69, 9.17) is 9.47 Å². The fourth-order valence-electron chi connectivity index (χ4n) is 3.25. The first kappa shape index (κ1) is 16.9. The highest BCUT2D eigenvalue weighted by Crippen LogP contribution is 2.41. The van der Waals surface area contributed by atoms with E-state index < -0.39 is 0 Å². The Labute approximate surface area is 133 Å². The van der Waals surface area contributed by atoms with Gasteiger partial charge in [0.1, 0.15) is 0 Å². The monoisotopic (exact) mass is 302 g/mol. The first-order valence-corrected chi connectivity index (χ1v) is 8.05. The molecule has 1 aromatic carbocycles. The van der Waals surface area contributed by atoms with Crippen molar-refractivity contribution in [1.29, 1.82) is 0 Å². The van der Waals surface area contributed by atoms with E-state index in [0.29, 0.717) is 18.8 Å². The zero-order valence-electron chi connectivity index (χ0n) is 13.6. The van der Waals surface area contributed by atoms with Crippen LogP contribution in [0.1, 0.15) is 43.6 Å². The van der Waals surface area contributed by atoms with E-state index in [1.54, 1.807) is 14.2 Å². The molecule has 0 bridgehead atoms. The van der Waals surface area contributed by atoms with Gasteiger partial charge < -0.3 is 9.47 Å². The summed E-state index contributed by atoms with van der Waals surface area (Å²) >= 11 is 0. The van der Waals surface area contributed by atoms with Crippen molar-refractivity contribution in [3.8, 4) is 0 Å². The van der Waals surface area contributed by atoms with Gasteiger partial charge in [0, 0.05) is 39.8 Å². The van der Waals surface area contributed by atoms with E-state index in [0.717, 1.165) is 37.9 Å². The van der Waals surface area contributed by atoms with Crippen molar-refractivity contribution in [2.75, 3.05) is 27.4 Å². The Bertz CT molecular complexity index is 505. The average molecular weight is 302 g/mol. The molecule has 0 spiro atoms. The maximum atomic E-state index is 12.5. The Morgan fingerprint density at radius 1 is 1.00 bits per heavy atom. The fourth-order valence-corrected chi connectivity index (χ4v) is 3.25. The third-order valence-electron chi connectivity index (χ3n) is 4.31. The van der Waals surface area contributed by atoms with E-state index in [1.165, 1.54) is 11.1 Å². The van der Waals surface area contributed by atoms with Gasteiger partial charge >= 0.3 is 0 Å². The minimum Gasteiger partial charge on any atom is -0.385 e. The average Bonchev–Trinajstić information content (AvgIpc) is 2.85. The van der Waals surface area contributed by atoms with E-state index >= 15 is 0 Å². The summed E-state index contributed by atoms with van der Waals surface area (Å²) in [6.07, 6.45) is 4.28. The Hall–Kier alpha value is -1.45. The summed E-state index contributed by atoms with van der Waals surface area (Å²) in [6.45, 7) is 1.45. The van der Waals surface area contributed by atoms with Crippen LogP contribution in [0, 0.1) is 0 Å². The van der Waals surface area contributed by atoms with Gasteiger partial charge in [0.25, 0.3) is 0 Å². The van der Waals surface area contributed by atoms with Gasteiger partial charge in [-0.2, -0.15) is 0 Å². The smallest absolute Gasteiger partial charge is 0.159 e. The minimum atomic E-state index is 0.253. The van der Waals surface area contributed by atoms with Crippen LogP contribution < -0.4 is 0 Å². The summed E-state index contributed by atoms with van der Waals surface area (Å²) in [4.78, 5) is 12.5. The molecule has 1 atom stereocenters. The number of benzene rings is 1. The maximum Gasteiger partial charge on any atom is 0.159 e. The number of ketones is 1. The van der Waals surface area contributed by atoms with Crippen molar-refractivity contribution >= 4 is 5.78 Å². The number of hydrogen-bond acceptors (Lipinski definition) is 3. The van der Waals surface area contributed by atoms with Crippen molar-refractivity contribution < 1.29 is 14.3 Å². The molecule has 22 heavy (non-hydrogen) atoms. The summed E-state index contributed by atoms with van der Waals surface area (Å²) in [6, 6.07) is 10.4. The lowest BCUT2D eigenvalue weighted by Crippen LogP contribution is -2.01. The van der Waals surface area contributed by atoms with Crippen LogP contribution in [-0.2, 0) is 14.3 Å². The summed E-state index contributed by atoms with van der Waals surface area (Å²) in [5.74, 6) is 0.570. The van der Waals surface area contributed by atoms with Crippen molar-refractivity contribution in [2.45, 2.75) is 38.0 Å². The molecule has 3 nitrogen and oxygen atoms in total. The van der Waals surface area contributed by atoms with Crippen LogP contribution in [-0.4, -0.2) is 33.2 Å². The second-order valence-corrected chi connectivity index (χ2v) is 5.79. The number of allylic oxidation sites excluding steroid dienone is 2. The van der Waals surface area contributed by atoms with Gasteiger partial charge in [0.2, 0.25) is 0 Å². The lowest BCUT2D eigenvalue weighted by molar-refractivity contribution is -0.115. The molecule has 0 N–H and O–H groups in total. The van der Waals surface area contributed by atoms with Crippen LogP contribution in [0.3, 0.4) is 0 Å². The van der Waals surface area contributed by atoms with Crippen molar-refractivity contribution in [2.24, 2.45) is 0 Å². The van der Waals surface area contributed by atoms with Gasteiger partial charge in [-0.1, -0.05) is 35.9 Å². The molecule has 3 heteroatoms. The molecule has 0 heterocycles. The Morgan fingerprint density at radius 2 is 1.64 bits per heavy atom. The predicted molar refractivity (Wildman–Crippen MR) is 88.1 cm³/mol. The van der Waals surface area contributed by atoms with Crippen LogP contribution >= 0.6 is 0 Å². The highest BCUT2D eigenvalue weighted by Gasteiger charge is 2.32. The molecule has 1 aromatic rings. The molecule has 0 saturated heterocycles. The number of rotatable bonds is 9. The van der Waals surface area contributed by atoms with E-state index in [-0.39, 0.29) is 5.92 Å². The van der Waals surface area contributed by atoms with Crippen LogP contribution in [0.25, 0.3) is 0 Å². The van der Waals surface area contributed by atoms with Crippen LogP contribution in [0.2, 0.25) is 0 Å². The first-order valence-electron chi connectivity index (χ1n) is 8.05. The van der Waals surface area contributed by atoms with Gasteiger partial charge in [0.15, 0.2) is 5.78 Å². The summed E-state index contributed by atoms with van der Waals surface area (Å²) in [5, 5.41) is 0. The summed E-state index contributed by atoms with van der Waals surface area (Å²) in [5.41, 5.74) is 3.62. The van der Waals surface area contributed by atoms with E-state index in [2.05, 4.69) is 24.3 Å². The second-order valence-electron chi connectivity index (χ2n) is 5.79. The molecule has 1 aliphatic carbocycles. The minimum absolute atomic E-state index is 0.253. The third-order valence-corrected chi connectivity index (χ3v) is 4.31. The van der Waals surface area contributed by atoms with Crippen molar-refractivity contribution in [1.82, 2.24) is 0 Å². The number of carbonyl (C=O) groups is 1. The van der Waals surface area contributed by atoms with Gasteiger partial charge in [-0.25, -0.2) is 0 Å². The highest BCUT2D eigenvalue weighted by molar-refractivity contribution is 6.00. The first-order chi connectivity index (χ1) is 10.8. The Morgan fingerprint density at radius 3 is 2.27 bits per heavy atom. The number of ether oxygens (including phenoxy) is 2. The van der Waals surface area contributed by atoms with Crippen LogP contribution in [0.4, 0.5) is 0 Å². The molecule has 120 valence electrons. The van der Waals surface area contributed by atoms with Crippen molar-refractivity contribution in [3.63, 3.8) is 0 Å². The lowest BCUT2D eigenvalue weighted by atomic mass is 9.89. The highest BCUT2D eigenvalue weighted by atomic mass is 16.5. The lowest BCUT2D eigenvalue weighted by Gasteiger charge is -2.16. The summed E-state index contributed by atoms with van der Waals surface area (Å²) in [7, 11) is 3.43. The zero-order chi connectivity index (χ0) is 15.8. The van der Waals surface area contributed by atoms with Gasteiger partial charge in [0.05, 0.1) is 0 Å². The zero-order valence-corrected chi connectivity index (χ0v) is 13.6. The Kier molecular flexibility index (Phi) is 6.81. The van der Waals surface area contributed by atoms with E-state index in [9.17, 15) is 4.79 Å². The third kappa shape index (κ3) is 4.28. The fraction of sp³-hybridized carbons (Fsp3) is 0.526. The Balaban J connectivity index is 2.19. The SMILES string of the molecule is COCCCC1=C(CCCOC)[C@H](c2ccccc2)CC1=O. The van der Waals surface area contributed by atoms with Gasteiger partial charge in [-0.05, 0) is 36.8 Å². The number of hydrogen-bond donors (Lipinski definition) is 0. The molecule has 0 unspecified atom stereocenters. The molecule has 0 saturated carbocycles. The number of Topliss-reactive ketones (excluding diaryl/α,β-unsaturated/α-hetero) is 1. The largest absolute Gasteiger partial charge is 0.385 e.